The maximum atomic E-state index is 13.1. The highest BCUT2D eigenvalue weighted by molar-refractivity contribution is 9.10. The van der Waals surface area contributed by atoms with Crippen molar-refractivity contribution in [3.8, 4) is 11.5 Å². The van der Waals surface area contributed by atoms with E-state index >= 15 is 0 Å². The molecule has 2 N–H and O–H groups in total. The van der Waals surface area contributed by atoms with Crippen LogP contribution in [-0.4, -0.2) is 25.0 Å². The molecule has 0 aliphatic carbocycles. The van der Waals surface area contributed by atoms with E-state index in [4.69, 9.17) is 9.47 Å². The molecule has 0 saturated heterocycles. The number of carbonyl (C=O) groups is 2. The lowest BCUT2D eigenvalue weighted by Crippen LogP contribution is -2.13. The van der Waals surface area contributed by atoms with Gasteiger partial charge in [0.2, 0.25) is 0 Å². The summed E-state index contributed by atoms with van der Waals surface area (Å²) in [6.45, 7) is 5.29. The predicted octanol–water partition coefficient (Wildman–Crippen LogP) is 8.45. The molecule has 0 heterocycles. The highest BCUT2D eigenvalue weighted by atomic mass is 79.9. The smallest absolute Gasteiger partial charge is 0.255 e. The number of amides is 2. The molecule has 196 valence electrons. The molecule has 0 spiro atoms. The molecule has 0 aliphatic rings. The first-order chi connectivity index (χ1) is 18.4. The lowest BCUT2D eigenvalue weighted by Gasteiger charge is -2.14. The van der Waals surface area contributed by atoms with E-state index in [1.54, 1.807) is 36.4 Å². The van der Waals surface area contributed by atoms with Gasteiger partial charge in [-0.2, -0.15) is 0 Å². The summed E-state index contributed by atoms with van der Waals surface area (Å²) in [6, 6.07) is 21.7. The number of carbonyl (C=O) groups excluding carboxylic acids is 2. The Morgan fingerprint density at radius 3 is 1.45 bits per heavy atom. The lowest BCUT2D eigenvalue weighted by atomic mass is 10.1. The molecule has 4 aromatic carbocycles. The topological polar surface area (TPSA) is 76.7 Å². The number of benzene rings is 4. The number of hydrogen-bond acceptors (Lipinski definition) is 4. The SMILES string of the molecule is CCCOc1ccc(C(=O)Nc2cccc3c(NC(=O)c4ccc(OCCC)c(Br)c4)cccc23)cc1Br. The number of hydrogen-bond donors (Lipinski definition) is 2. The van der Waals surface area contributed by atoms with Gasteiger partial charge in [0.15, 0.2) is 0 Å². The van der Waals surface area contributed by atoms with Crippen LogP contribution in [0.2, 0.25) is 0 Å². The number of nitrogens with one attached hydrogen (secondary N) is 2. The summed E-state index contributed by atoms with van der Waals surface area (Å²) in [5.74, 6) is 0.906. The third-order valence-corrected chi connectivity index (χ3v) is 6.97. The molecule has 2 amide bonds. The van der Waals surface area contributed by atoms with Crippen molar-refractivity contribution in [2.24, 2.45) is 0 Å². The molecule has 0 fully saturated rings. The van der Waals surface area contributed by atoms with E-state index in [-0.39, 0.29) is 11.8 Å². The van der Waals surface area contributed by atoms with Crippen molar-refractivity contribution in [1.82, 2.24) is 0 Å². The Morgan fingerprint density at radius 2 is 1.08 bits per heavy atom. The normalized spacial score (nSPS) is 10.7. The van der Waals surface area contributed by atoms with Crippen LogP contribution < -0.4 is 20.1 Å². The van der Waals surface area contributed by atoms with Crippen molar-refractivity contribution >= 4 is 65.8 Å². The van der Waals surface area contributed by atoms with E-state index in [2.05, 4.69) is 42.5 Å². The van der Waals surface area contributed by atoms with Gasteiger partial charge in [0, 0.05) is 33.3 Å². The quantitative estimate of drug-likeness (QED) is 0.183. The van der Waals surface area contributed by atoms with Gasteiger partial charge < -0.3 is 20.1 Å². The molecule has 0 aliphatic heterocycles. The predicted molar refractivity (Wildman–Crippen MR) is 160 cm³/mol. The third-order valence-electron chi connectivity index (χ3n) is 5.73. The summed E-state index contributed by atoms with van der Waals surface area (Å²) < 4.78 is 12.8. The zero-order valence-electron chi connectivity index (χ0n) is 21.1. The second-order valence-corrected chi connectivity index (χ2v) is 10.3. The van der Waals surface area contributed by atoms with Crippen LogP contribution in [0.1, 0.15) is 47.4 Å². The van der Waals surface area contributed by atoms with Crippen molar-refractivity contribution in [1.29, 1.82) is 0 Å². The maximum absolute atomic E-state index is 13.1. The van der Waals surface area contributed by atoms with E-state index in [9.17, 15) is 9.59 Å². The summed E-state index contributed by atoms with van der Waals surface area (Å²) in [4.78, 5) is 26.1. The van der Waals surface area contributed by atoms with Gasteiger partial charge in [-0.05, 0) is 93.2 Å². The van der Waals surface area contributed by atoms with Gasteiger partial charge in [0.1, 0.15) is 11.5 Å². The zero-order valence-corrected chi connectivity index (χ0v) is 24.3. The number of fused-ring (bicyclic) bond motifs is 1. The van der Waals surface area contributed by atoms with Crippen molar-refractivity contribution in [3.63, 3.8) is 0 Å². The summed E-state index contributed by atoms with van der Waals surface area (Å²) in [6.07, 6.45) is 1.80. The fourth-order valence-corrected chi connectivity index (χ4v) is 4.85. The molecule has 0 radical (unpaired) electrons. The fraction of sp³-hybridized carbons (Fsp3) is 0.200. The molecular formula is C30H28Br2N2O4. The van der Waals surface area contributed by atoms with Gasteiger partial charge in [0.25, 0.3) is 11.8 Å². The Morgan fingerprint density at radius 1 is 0.658 bits per heavy atom. The maximum Gasteiger partial charge on any atom is 0.255 e. The number of ether oxygens (including phenoxy) is 2. The fourth-order valence-electron chi connectivity index (χ4n) is 3.86. The van der Waals surface area contributed by atoms with Gasteiger partial charge in [-0.3, -0.25) is 9.59 Å². The Kier molecular flexibility index (Phi) is 9.42. The van der Waals surface area contributed by atoms with E-state index in [1.165, 1.54) is 0 Å². The first-order valence-electron chi connectivity index (χ1n) is 12.4. The Balaban J connectivity index is 1.54. The average molecular weight is 640 g/mol. The molecular weight excluding hydrogens is 612 g/mol. The minimum absolute atomic E-state index is 0.245. The van der Waals surface area contributed by atoms with Crippen molar-refractivity contribution < 1.29 is 19.1 Å². The van der Waals surface area contributed by atoms with Gasteiger partial charge in [-0.25, -0.2) is 0 Å². The van der Waals surface area contributed by atoms with E-state index in [1.807, 2.05) is 50.2 Å². The Bertz CT molecular complexity index is 1360. The Labute approximate surface area is 239 Å². The number of halogens is 2. The van der Waals surface area contributed by atoms with Crippen LogP contribution >= 0.6 is 31.9 Å². The summed E-state index contributed by atoms with van der Waals surface area (Å²) >= 11 is 6.97. The molecule has 4 rings (SSSR count). The molecule has 38 heavy (non-hydrogen) atoms. The van der Waals surface area contributed by atoms with Crippen molar-refractivity contribution in [2.75, 3.05) is 23.8 Å². The first-order valence-corrected chi connectivity index (χ1v) is 14.0. The Hall–Kier alpha value is -3.36. The van der Waals surface area contributed by atoms with Crippen LogP contribution in [0.15, 0.2) is 81.7 Å². The minimum atomic E-state index is -0.245. The summed E-state index contributed by atoms with van der Waals surface area (Å²) in [5.41, 5.74) is 2.29. The van der Waals surface area contributed by atoms with Crippen LogP contribution in [0.3, 0.4) is 0 Å². The zero-order chi connectivity index (χ0) is 27.1. The van der Waals surface area contributed by atoms with Crippen LogP contribution in [0.4, 0.5) is 11.4 Å². The minimum Gasteiger partial charge on any atom is -0.492 e. The number of rotatable bonds is 10. The standard InChI is InChI=1S/C30H28Br2N2O4/c1-3-15-37-27-13-11-19(17-23(27)31)29(35)33-25-9-5-8-22-21(25)7-6-10-26(22)34-30(36)20-12-14-28(24(32)18-20)38-16-4-2/h5-14,17-18H,3-4,15-16H2,1-2H3,(H,33,35)(H,34,36). The summed E-state index contributed by atoms with van der Waals surface area (Å²) in [7, 11) is 0. The highest BCUT2D eigenvalue weighted by Gasteiger charge is 2.14. The molecule has 6 nitrogen and oxygen atoms in total. The van der Waals surface area contributed by atoms with Gasteiger partial charge in [0.05, 0.1) is 22.2 Å². The molecule has 0 saturated carbocycles. The molecule has 4 aromatic rings. The highest BCUT2D eigenvalue weighted by Crippen LogP contribution is 2.32. The molecule has 8 heteroatoms. The average Bonchev–Trinajstić information content (AvgIpc) is 2.92. The number of anilines is 2. The summed E-state index contributed by atoms with van der Waals surface area (Å²) in [5, 5.41) is 7.62. The monoisotopic (exact) mass is 638 g/mol. The van der Waals surface area contributed by atoms with Crippen LogP contribution in [0, 0.1) is 0 Å². The van der Waals surface area contributed by atoms with Gasteiger partial charge >= 0.3 is 0 Å². The van der Waals surface area contributed by atoms with Gasteiger partial charge in [-0.1, -0.05) is 38.1 Å². The van der Waals surface area contributed by atoms with Crippen LogP contribution in [-0.2, 0) is 0 Å². The second kappa shape index (κ2) is 12.9. The van der Waals surface area contributed by atoms with Crippen LogP contribution in [0.25, 0.3) is 10.8 Å². The largest absolute Gasteiger partial charge is 0.492 e. The third kappa shape index (κ3) is 6.55. The molecule has 0 atom stereocenters. The molecule has 0 aromatic heterocycles. The van der Waals surface area contributed by atoms with Crippen molar-refractivity contribution in [3.05, 3.63) is 92.9 Å². The molecule has 0 bridgehead atoms. The van der Waals surface area contributed by atoms with Crippen molar-refractivity contribution in [2.45, 2.75) is 26.7 Å². The molecule has 0 unspecified atom stereocenters. The van der Waals surface area contributed by atoms with Crippen LogP contribution in [0.5, 0.6) is 11.5 Å². The van der Waals surface area contributed by atoms with E-state index in [0.717, 1.165) is 32.6 Å². The van der Waals surface area contributed by atoms with Gasteiger partial charge in [-0.15, -0.1) is 0 Å². The van der Waals surface area contributed by atoms with E-state index in [0.29, 0.717) is 47.2 Å². The van der Waals surface area contributed by atoms with E-state index < -0.39 is 0 Å². The first kappa shape index (κ1) is 27.7. The lowest BCUT2D eigenvalue weighted by molar-refractivity contribution is 0.101. The second-order valence-electron chi connectivity index (χ2n) is 8.60.